The fourth-order valence-corrected chi connectivity index (χ4v) is 1.97. The Hall–Kier alpha value is -1.75. The second kappa shape index (κ2) is 4.49. The van der Waals surface area contributed by atoms with Crippen LogP contribution in [0.4, 0.5) is 4.79 Å². The summed E-state index contributed by atoms with van der Waals surface area (Å²) in [4.78, 5) is 24.0. The number of carbonyl (C=O) groups excluding carboxylic acids is 1. The lowest BCUT2D eigenvalue weighted by molar-refractivity contribution is -0.147. The van der Waals surface area contributed by atoms with Crippen LogP contribution in [0, 0.1) is 0 Å². The highest BCUT2D eigenvalue weighted by Crippen LogP contribution is 2.28. The molecular formula is C12H12ClNO4. The maximum Gasteiger partial charge on any atom is 0.411 e. The zero-order valence-corrected chi connectivity index (χ0v) is 10.5. The van der Waals surface area contributed by atoms with Gasteiger partial charge in [0.2, 0.25) is 0 Å². The lowest BCUT2D eigenvalue weighted by Crippen LogP contribution is -2.50. The first-order valence-electron chi connectivity index (χ1n) is 5.36. The van der Waals surface area contributed by atoms with E-state index in [4.69, 9.17) is 16.3 Å². The number of halogens is 1. The summed E-state index contributed by atoms with van der Waals surface area (Å²) in [7, 11) is 0. The van der Waals surface area contributed by atoms with E-state index in [1.165, 1.54) is 11.8 Å². The molecule has 1 N–H and O–H groups in total. The molecule has 5 nitrogen and oxygen atoms in total. The van der Waals surface area contributed by atoms with Crippen LogP contribution < -0.4 is 0 Å². The Labute approximate surface area is 109 Å². The van der Waals surface area contributed by atoms with Gasteiger partial charge in [0.05, 0.1) is 6.54 Å². The molecule has 1 aliphatic rings. The summed E-state index contributed by atoms with van der Waals surface area (Å²) in [6, 6.07) is 6.98. The van der Waals surface area contributed by atoms with Gasteiger partial charge in [-0.2, -0.15) is 0 Å². The Morgan fingerprint density at radius 3 is 2.83 bits per heavy atom. The van der Waals surface area contributed by atoms with Crippen molar-refractivity contribution in [3.63, 3.8) is 0 Å². The number of nitrogens with zero attached hydrogens (tertiary/aromatic N) is 1. The number of benzene rings is 1. The molecule has 0 saturated carbocycles. The standard InChI is InChI=1S/C12H12ClNO4/c1-12(10(15)16)7-18-11(17)14(12)6-8-4-2-3-5-9(8)13/h2-5H,6-7H2,1H3,(H,15,16). The van der Waals surface area contributed by atoms with Gasteiger partial charge in [0, 0.05) is 5.02 Å². The first-order valence-corrected chi connectivity index (χ1v) is 5.74. The number of carbonyl (C=O) groups is 2. The molecule has 1 saturated heterocycles. The molecule has 0 radical (unpaired) electrons. The van der Waals surface area contributed by atoms with Gasteiger partial charge in [0.15, 0.2) is 5.54 Å². The molecule has 1 fully saturated rings. The molecule has 1 aromatic rings. The van der Waals surface area contributed by atoms with Crippen molar-refractivity contribution < 1.29 is 19.4 Å². The quantitative estimate of drug-likeness (QED) is 0.913. The van der Waals surface area contributed by atoms with E-state index in [0.29, 0.717) is 10.6 Å². The zero-order chi connectivity index (χ0) is 13.3. The molecule has 1 aliphatic heterocycles. The third kappa shape index (κ3) is 2.01. The van der Waals surface area contributed by atoms with Crippen molar-refractivity contribution >= 4 is 23.7 Å². The van der Waals surface area contributed by atoms with Gasteiger partial charge in [-0.25, -0.2) is 9.59 Å². The second-order valence-electron chi connectivity index (χ2n) is 4.31. The van der Waals surface area contributed by atoms with Gasteiger partial charge in [0.25, 0.3) is 0 Å². The Morgan fingerprint density at radius 1 is 1.56 bits per heavy atom. The predicted octanol–water partition coefficient (Wildman–Crippen LogP) is 2.14. The monoisotopic (exact) mass is 269 g/mol. The first-order chi connectivity index (χ1) is 8.45. The van der Waals surface area contributed by atoms with Gasteiger partial charge in [-0.3, -0.25) is 4.90 Å². The number of carboxylic acid groups (broad SMARTS) is 1. The van der Waals surface area contributed by atoms with E-state index in [0.717, 1.165) is 0 Å². The average Bonchev–Trinajstić information content (AvgIpc) is 2.61. The smallest absolute Gasteiger partial charge is 0.411 e. The highest BCUT2D eigenvalue weighted by molar-refractivity contribution is 6.31. The van der Waals surface area contributed by atoms with Crippen LogP contribution in [0.3, 0.4) is 0 Å². The number of hydrogen-bond acceptors (Lipinski definition) is 3. The zero-order valence-electron chi connectivity index (χ0n) is 9.72. The van der Waals surface area contributed by atoms with Gasteiger partial charge in [-0.1, -0.05) is 29.8 Å². The molecule has 1 atom stereocenters. The highest BCUT2D eigenvalue weighted by atomic mass is 35.5. The maximum atomic E-state index is 11.6. The highest BCUT2D eigenvalue weighted by Gasteiger charge is 2.49. The number of cyclic esters (lactones) is 1. The van der Waals surface area contributed by atoms with Crippen LogP contribution in [-0.2, 0) is 16.1 Å². The fourth-order valence-electron chi connectivity index (χ4n) is 1.77. The molecule has 0 spiro atoms. The minimum atomic E-state index is -1.35. The Bertz CT molecular complexity index is 505. The third-order valence-electron chi connectivity index (χ3n) is 3.04. The fraction of sp³-hybridized carbons (Fsp3) is 0.333. The van der Waals surface area contributed by atoms with Crippen molar-refractivity contribution in [3.05, 3.63) is 34.9 Å². The van der Waals surface area contributed by atoms with Crippen molar-refractivity contribution in [1.29, 1.82) is 0 Å². The largest absolute Gasteiger partial charge is 0.479 e. The van der Waals surface area contributed by atoms with E-state index in [1.807, 2.05) is 0 Å². The van der Waals surface area contributed by atoms with Gasteiger partial charge in [0.1, 0.15) is 6.61 Å². The van der Waals surface area contributed by atoms with Crippen LogP contribution in [0.25, 0.3) is 0 Å². The third-order valence-corrected chi connectivity index (χ3v) is 3.41. The van der Waals surface area contributed by atoms with Crippen LogP contribution in [0.2, 0.25) is 5.02 Å². The normalized spacial score (nSPS) is 23.0. The summed E-state index contributed by atoms with van der Waals surface area (Å²) in [6.45, 7) is 1.41. The minimum absolute atomic E-state index is 0.112. The number of amides is 1. The SMILES string of the molecule is CC1(C(=O)O)COC(=O)N1Cc1ccccc1Cl. The van der Waals surface area contributed by atoms with Crippen molar-refractivity contribution in [1.82, 2.24) is 4.90 Å². The van der Waals surface area contributed by atoms with Crippen molar-refractivity contribution in [2.45, 2.75) is 19.0 Å². The van der Waals surface area contributed by atoms with Crippen molar-refractivity contribution in [2.24, 2.45) is 0 Å². The minimum Gasteiger partial charge on any atom is -0.479 e. The van der Waals surface area contributed by atoms with Gasteiger partial charge < -0.3 is 9.84 Å². The summed E-state index contributed by atoms with van der Waals surface area (Å²) in [5.41, 5.74) is -0.665. The van der Waals surface area contributed by atoms with Crippen LogP contribution in [0.15, 0.2) is 24.3 Å². The molecule has 2 rings (SSSR count). The number of carboxylic acids is 1. The molecule has 1 unspecified atom stereocenters. The number of aliphatic carboxylic acids is 1. The predicted molar refractivity (Wildman–Crippen MR) is 64.4 cm³/mol. The number of ether oxygens (including phenoxy) is 1. The molecule has 96 valence electrons. The van der Waals surface area contributed by atoms with E-state index in [9.17, 15) is 14.7 Å². The molecular weight excluding hydrogens is 258 g/mol. The van der Waals surface area contributed by atoms with E-state index in [-0.39, 0.29) is 13.2 Å². The molecule has 1 aromatic carbocycles. The van der Waals surface area contributed by atoms with E-state index in [2.05, 4.69) is 0 Å². The lowest BCUT2D eigenvalue weighted by Gasteiger charge is -2.27. The van der Waals surface area contributed by atoms with Crippen LogP contribution in [0.1, 0.15) is 12.5 Å². The molecule has 1 heterocycles. The first kappa shape index (κ1) is 12.7. The van der Waals surface area contributed by atoms with Gasteiger partial charge in [-0.15, -0.1) is 0 Å². The molecule has 18 heavy (non-hydrogen) atoms. The molecule has 0 aromatic heterocycles. The molecule has 0 aliphatic carbocycles. The van der Waals surface area contributed by atoms with Crippen molar-refractivity contribution in [2.75, 3.05) is 6.61 Å². The van der Waals surface area contributed by atoms with Gasteiger partial charge in [-0.05, 0) is 18.6 Å². The lowest BCUT2D eigenvalue weighted by atomic mass is 10.0. The van der Waals surface area contributed by atoms with E-state index in [1.54, 1.807) is 24.3 Å². The summed E-state index contributed by atoms with van der Waals surface area (Å²) in [6.07, 6.45) is -0.639. The Kier molecular flexibility index (Phi) is 3.17. The Morgan fingerprint density at radius 2 is 2.22 bits per heavy atom. The van der Waals surface area contributed by atoms with Crippen LogP contribution in [-0.4, -0.2) is 34.2 Å². The Balaban J connectivity index is 2.29. The van der Waals surface area contributed by atoms with Crippen LogP contribution in [0.5, 0.6) is 0 Å². The average molecular weight is 270 g/mol. The van der Waals surface area contributed by atoms with E-state index < -0.39 is 17.6 Å². The summed E-state index contributed by atoms with van der Waals surface area (Å²) < 4.78 is 4.82. The van der Waals surface area contributed by atoms with Crippen molar-refractivity contribution in [3.8, 4) is 0 Å². The summed E-state index contributed by atoms with van der Waals surface area (Å²) in [5, 5.41) is 9.69. The van der Waals surface area contributed by atoms with E-state index >= 15 is 0 Å². The topological polar surface area (TPSA) is 66.8 Å². The summed E-state index contributed by atoms with van der Waals surface area (Å²) >= 11 is 6.00. The number of hydrogen-bond donors (Lipinski definition) is 1. The molecule has 6 heteroatoms. The molecule has 1 amide bonds. The summed E-state index contributed by atoms with van der Waals surface area (Å²) in [5.74, 6) is -1.10. The molecule has 0 bridgehead atoms. The number of rotatable bonds is 3. The maximum absolute atomic E-state index is 11.6. The second-order valence-corrected chi connectivity index (χ2v) is 4.72. The van der Waals surface area contributed by atoms with Gasteiger partial charge >= 0.3 is 12.1 Å². The van der Waals surface area contributed by atoms with Crippen LogP contribution >= 0.6 is 11.6 Å².